The minimum absolute atomic E-state index is 0.0662. The first-order valence-corrected chi connectivity index (χ1v) is 3.79. The van der Waals surface area contributed by atoms with Crippen LogP contribution in [0.25, 0.3) is 0 Å². The van der Waals surface area contributed by atoms with Crippen LogP contribution in [-0.4, -0.2) is 43.3 Å². The Labute approximate surface area is 65.5 Å². The lowest BCUT2D eigenvalue weighted by Crippen LogP contribution is -2.49. The molecule has 0 saturated carbocycles. The zero-order valence-corrected chi connectivity index (χ0v) is 6.32. The van der Waals surface area contributed by atoms with Crippen LogP contribution in [0.1, 0.15) is 6.42 Å². The zero-order chi connectivity index (χ0) is 8.10. The van der Waals surface area contributed by atoms with Crippen molar-refractivity contribution in [3.8, 4) is 0 Å². The maximum absolute atomic E-state index is 10.4. The molecule has 64 valence electrons. The summed E-state index contributed by atoms with van der Waals surface area (Å²) in [7, 11) is 0. The van der Waals surface area contributed by atoms with Crippen molar-refractivity contribution in [3.05, 3.63) is 0 Å². The Balaban J connectivity index is 2.37. The molecule has 1 heterocycles. The van der Waals surface area contributed by atoms with Crippen molar-refractivity contribution >= 4 is 6.29 Å². The van der Waals surface area contributed by atoms with Crippen LogP contribution in [0.2, 0.25) is 0 Å². The normalized spacial score (nSPS) is 31.7. The van der Waals surface area contributed by atoms with Crippen molar-refractivity contribution in [3.63, 3.8) is 0 Å². The standard InChI is InChI=1S/C7H13NO3/c9-3-1-7-6(5-10)8-2-4-11-7/h5-9H,1-4H2. The lowest BCUT2D eigenvalue weighted by molar-refractivity contribution is -0.116. The molecule has 1 aliphatic heterocycles. The number of aliphatic hydroxyl groups is 1. The highest BCUT2D eigenvalue weighted by molar-refractivity contribution is 5.58. The van der Waals surface area contributed by atoms with Gasteiger partial charge < -0.3 is 20.0 Å². The molecule has 2 atom stereocenters. The predicted molar refractivity (Wildman–Crippen MR) is 39.3 cm³/mol. The van der Waals surface area contributed by atoms with Crippen molar-refractivity contribution in [1.82, 2.24) is 5.32 Å². The van der Waals surface area contributed by atoms with Gasteiger partial charge in [-0.3, -0.25) is 0 Å². The highest BCUT2D eigenvalue weighted by Crippen LogP contribution is 2.06. The van der Waals surface area contributed by atoms with Crippen LogP contribution in [0.15, 0.2) is 0 Å². The first kappa shape index (κ1) is 8.64. The molecule has 1 rings (SSSR count). The lowest BCUT2D eigenvalue weighted by Gasteiger charge is -2.28. The van der Waals surface area contributed by atoms with Crippen molar-refractivity contribution < 1.29 is 14.6 Å². The third-order valence-electron chi connectivity index (χ3n) is 1.77. The van der Waals surface area contributed by atoms with Gasteiger partial charge in [-0.1, -0.05) is 0 Å². The van der Waals surface area contributed by atoms with E-state index >= 15 is 0 Å². The van der Waals surface area contributed by atoms with E-state index in [1.165, 1.54) is 0 Å². The first-order valence-electron chi connectivity index (χ1n) is 3.79. The summed E-state index contributed by atoms with van der Waals surface area (Å²) in [6, 6.07) is -0.240. The number of carbonyl (C=O) groups excluding carboxylic acids is 1. The number of hydrogen-bond acceptors (Lipinski definition) is 4. The van der Waals surface area contributed by atoms with Crippen LogP contribution in [0.4, 0.5) is 0 Å². The number of hydrogen-bond donors (Lipinski definition) is 2. The molecule has 4 heteroatoms. The number of rotatable bonds is 3. The number of aldehydes is 1. The third-order valence-corrected chi connectivity index (χ3v) is 1.77. The van der Waals surface area contributed by atoms with Gasteiger partial charge in [0.15, 0.2) is 0 Å². The minimum Gasteiger partial charge on any atom is -0.396 e. The second-order valence-corrected chi connectivity index (χ2v) is 2.54. The number of nitrogens with one attached hydrogen (secondary N) is 1. The molecule has 0 amide bonds. The van der Waals surface area contributed by atoms with Gasteiger partial charge in [-0.2, -0.15) is 0 Å². The monoisotopic (exact) mass is 159 g/mol. The Hall–Kier alpha value is -0.450. The molecule has 0 aromatic rings. The maximum Gasteiger partial charge on any atom is 0.139 e. The van der Waals surface area contributed by atoms with E-state index in [2.05, 4.69) is 5.32 Å². The van der Waals surface area contributed by atoms with Crippen LogP contribution >= 0.6 is 0 Å². The third kappa shape index (κ3) is 2.25. The first-order chi connectivity index (χ1) is 5.38. The topological polar surface area (TPSA) is 58.6 Å². The van der Waals surface area contributed by atoms with Crippen LogP contribution in [0.3, 0.4) is 0 Å². The molecule has 11 heavy (non-hydrogen) atoms. The van der Waals surface area contributed by atoms with Gasteiger partial charge in [-0.25, -0.2) is 0 Å². The fraction of sp³-hybridized carbons (Fsp3) is 0.857. The van der Waals surface area contributed by atoms with E-state index < -0.39 is 0 Å². The summed E-state index contributed by atoms with van der Waals surface area (Å²) in [4.78, 5) is 10.4. The Kier molecular flexibility index (Phi) is 3.48. The molecule has 2 N–H and O–H groups in total. The molecule has 0 aromatic heterocycles. The highest BCUT2D eigenvalue weighted by atomic mass is 16.5. The van der Waals surface area contributed by atoms with E-state index in [-0.39, 0.29) is 18.8 Å². The van der Waals surface area contributed by atoms with Crippen LogP contribution < -0.4 is 5.32 Å². The van der Waals surface area contributed by atoms with Crippen LogP contribution in [-0.2, 0) is 9.53 Å². The molecule has 0 bridgehead atoms. The van der Waals surface area contributed by atoms with Crippen LogP contribution in [0, 0.1) is 0 Å². The summed E-state index contributed by atoms with van der Waals surface area (Å²) in [5, 5.41) is 11.6. The highest BCUT2D eigenvalue weighted by Gasteiger charge is 2.23. The molecule has 0 radical (unpaired) electrons. The Morgan fingerprint density at radius 1 is 1.73 bits per heavy atom. The Morgan fingerprint density at radius 3 is 3.18 bits per heavy atom. The summed E-state index contributed by atoms with van der Waals surface area (Å²) in [6.45, 7) is 1.40. The van der Waals surface area contributed by atoms with Gasteiger partial charge >= 0.3 is 0 Å². The smallest absolute Gasteiger partial charge is 0.139 e. The van der Waals surface area contributed by atoms with Gasteiger partial charge in [-0.05, 0) is 6.42 Å². The molecule has 4 nitrogen and oxygen atoms in total. The second kappa shape index (κ2) is 4.43. The summed E-state index contributed by atoms with van der Waals surface area (Å²) in [5.41, 5.74) is 0. The van der Waals surface area contributed by atoms with Gasteiger partial charge in [0.2, 0.25) is 0 Å². The number of morpholine rings is 1. The molecule has 0 aromatic carbocycles. The average Bonchev–Trinajstić information content (AvgIpc) is 2.06. The molecule has 2 unspecified atom stereocenters. The summed E-state index contributed by atoms with van der Waals surface area (Å²) in [5.74, 6) is 0. The lowest BCUT2D eigenvalue weighted by atomic mass is 10.1. The van der Waals surface area contributed by atoms with Gasteiger partial charge in [-0.15, -0.1) is 0 Å². The van der Waals surface area contributed by atoms with Crippen molar-refractivity contribution in [1.29, 1.82) is 0 Å². The van der Waals surface area contributed by atoms with Gasteiger partial charge in [0, 0.05) is 13.2 Å². The number of ether oxygens (including phenoxy) is 1. The van der Waals surface area contributed by atoms with E-state index in [1.807, 2.05) is 0 Å². The predicted octanol–water partition coefficient (Wildman–Crippen LogP) is -1.08. The van der Waals surface area contributed by atoms with Crippen molar-refractivity contribution in [2.24, 2.45) is 0 Å². The largest absolute Gasteiger partial charge is 0.396 e. The minimum atomic E-state index is -0.240. The average molecular weight is 159 g/mol. The fourth-order valence-corrected chi connectivity index (χ4v) is 1.20. The molecule has 1 fully saturated rings. The van der Waals surface area contributed by atoms with Crippen molar-refractivity contribution in [2.45, 2.75) is 18.6 Å². The van der Waals surface area contributed by atoms with E-state index in [0.717, 1.165) is 6.29 Å². The molecule has 0 aliphatic carbocycles. The van der Waals surface area contributed by atoms with Gasteiger partial charge in [0.1, 0.15) is 6.29 Å². The summed E-state index contributed by atoms with van der Waals surface area (Å²) < 4.78 is 5.27. The van der Waals surface area contributed by atoms with E-state index in [4.69, 9.17) is 9.84 Å². The van der Waals surface area contributed by atoms with E-state index in [1.54, 1.807) is 0 Å². The SMILES string of the molecule is O=CC1NCCOC1CCO. The fourth-order valence-electron chi connectivity index (χ4n) is 1.20. The molecular formula is C7H13NO3. The quantitative estimate of drug-likeness (QED) is 0.514. The number of aliphatic hydroxyl groups excluding tert-OH is 1. The molecule has 1 saturated heterocycles. The van der Waals surface area contributed by atoms with E-state index in [9.17, 15) is 4.79 Å². The van der Waals surface area contributed by atoms with Crippen molar-refractivity contribution in [2.75, 3.05) is 19.8 Å². The summed E-state index contributed by atoms with van der Waals surface area (Å²) >= 11 is 0. The second-order valence-electron chi connectivity index (χ2n) is 2.54. The number of carbonyl (C=O) groups is 1. The molecule has 0 spiro atoms. The van der Waals surface area contributed by atoms with Crippen LogP contribution in [0.5, 0.6) is 0 Å². The summed E-state index contributed by atoms with van der Waals surface area (Å²) in [6.07, 6.45) is 1.21. The zero-order valence-electron chi connectivity index (χ0n) is 6.32. The molecular weight excluding hydrogens is 146 g/mol. The Bertz CT molecular complexity index is 127. The van der Waals surface area contributed by atoms with Gasteiger partial charge in [0.25, 0.3) is 0 Å². The molecule has 1 aliphatic rings. The maximum atomic E-state index is 10.4. The van der Waals surface area contributed by atoms with E-state index in [0.29, 0.717) is 19.6 Å². The Morgan fingerprint density at radius 2 is 2.55 bits per heavy atom. The van der Waals surface area contributed by atoms with Gasteiger partial charge in [0.05, 0.1) is 18.8 Å².